The Kier molecular flexibility index (Phi) is 3.82. The first-order chi connectivity index (χ1) is 9.27. The molecule has 0 amide bonds. The molecule has 2 heterocycles. The molecule has 0 fully saturated rings. The van der Waals surface area contributed by atoms with Crippen molar-refractivity contribution in [3.63, 3.8) is 0 Å². The summed E-state index contributed by atoms with van der Waals surface area (Å²) in [5.41, 5.74) is 0.0689. The van der Waals surface area contributed by atoms with Gasteiger partial charge in [0.25, 0.3) is 5.82 Å². The van der Waals surface area contributed by atoms with E-state index in [9.17, 15) is 13.2 Å². The fourth-order valence-corrected chi connectivity index (χ4v) is 2.06. The van der Waals surface area contributed by atoms with E-state index in [0.717, 1.165) is 6.42 Å². The molecular formula is C12H16F3N5. The summed E-state index contributed by atoms with van der Waals surface area (Å²) < 4.78 is 38.9. The van der Waals surface area contributed by atoms with Crippen molar-refractivity contribution < 1.29 is 13.2 Å². The molecule has 1 atom stereocenters. The average molecular weight is 287 g/mol. The van der Waals surface area contributed by atoms with Crippen LogP contribution >= 0.6 is 0 Å². The Hall–Kier alpha value is -1.86. The maximum Gasteiger partial charge on any atom is 0.453 e. The second-order valence-electron chi connectivity index (χ2n) is 5.18. The van der Waals surface area contributed by atoms with Crippen molar-refractivity contribution in [1.82, 2.24) is 19.8 Å². The van der Waals surface area contributed by atoms with Crippen LogP contribution in [-0.2, 0) is 6.18 Å². The molecule has 8 heteroatoms. The molecule has 0 aliphatic carbocycles. The monoisotopic (exact) mass is 287 g/mol. The minimum Gasteiger partial charge on any atom is -0.366 e. The number of nitrogens with zero attached hydrogens (tertiary/aromatic N) is 4. The van der Waals surface area contributed by atoms with Crippen LogP contribution in [0.3, 0.4) is 0 Å². The van der Waals surface area contributed by atoms with Crippen LogP contribution < -0.4 is 5.32 Å². The van der Waals surface area contributed by atoms with Crippen molar-refractivity contribution in [3.05, 3.63) is 18.0 Å². The van der Waals surface area contributed by atoms with Crippen LogP contribution in [0.2, 0.25) is 0 Å². The second-order valence-corrected chi connectivity index (χ2v) is 5.18. The summed E-state index contributed by atoms with van der Waals surface area (Å²) in [7, 11) is 0. The van der Waals surface area contributed by atoms with Gasteiger partial charge in [-0.2, -0.15) is 17.7 Å². The fourth-order valence-electron chi connectivity index (χ4n) is 2.06. The lowest BCUT2D eigenvalue weighted by Gasteiger charge is -2.16. The SMILES string of the molecule is CC(C)CC(C)Nc1ccc2nnc(C(F)(F)F)n2n1. The van der Waals surface area contributed by atoms with Gasteiger partial charge in [0, 0.05) is 6.04 Å². The van der Waals surface area contributed by atoms with Crippen LogP contribution in [0.15, 0.2) is 12.1 Å². The number of nitrogens with one attached hydrogen (secondary N) is 1. The maximum atomic E-state index is 12.7. The van der Waals surface area contributed by atoms with Gasteiger partial charge in [-0.05, 0) is 31.4 Å². The first kappa shape index (κ1) is 14.5. The molecule has 2 rings (SSSR count). The molecule has 0 saturated carbocycles. The van der Waals surface area contributed by atoms with Crippen molar-refractivity contribution in [2.24, 2.45) is 5.92 Å². The van der Waals surface area contributed by atoms with Gasteiger partial charge in [-0.1, -0.05) is 13.8 Å². The van der Waals surface area contributed by atoms with E-state index in [2.05, 4.69) is 34.5 Å². The maximum absolute atomic E-state index is 12.7. The first-order valence-electron chi connectivity index (χ1n) is 6.33. The minimum absolute atomic E-state index is 0.0689. The summed E-state index contributed by atoms with van der Waals surface area (Å²) in [6.45, 7) is 6.12. The lowest BCUT2D eigenvalue weighted by atomic mass is 10.1. The van der Waals surface area contributed by atoms with Gasteiger partial charge in [-0.15, -0.1) is 15.3 Å². The lowest BCUT2D eigenvalue weighted by molar-refractivity contribution is -0.146. The van der Waals surface area contributed by atoms with Crippen molar-refractivity contribution >= 4 is 11.5 Å². The number of hydrogen-bond acceptors (Lipinski definition) is 4. The van der Waals surface area contributed by atoms with Gasteiger partial charge < -0.3 is 5.32 Å². The zero-order valence-corrected chi connectivity index (χ0v) is 11.4. The molecular weight excluding hydrogens is 271 g/mol. The smallest absolute Gasteiger partial charge is 0.366 e. The average Bonchev–Trinajstić information content (AvgIpc) is 2.69. The number of anilines is 1. The van der Waals surface area contributed by atoms with E-state index in [1.807, 2.05) is 6.92 Å². The normalized spacial score (nSPS) is 13.9. The molecule has 0 spiro atoms. The molecule has 0 aliphatic rings. The molecule has 0 saturated heterocycles. The molecule has 5 nitrogen and oxygen atoms in total. The summed E-state index contributed by atoms with van der Waals surface area (Å²) in [4.78, 5) is 0. The fraction of sp³-hybridized carbons (Fsp3) is 0.583. The summed E-state index contributed by atoms with van der Waals surface area (Å²) in [6, 6.07) is 3.17. The first-order valence-corrected chi connectivity index (χ1v) is 6.33. The van der Waals surface area contributed by atoms with Crippen molar-refractivity contribution in [2.75, 3.05) is 5.32 Å². The Bertz CT molecular complexity index is 590. The highest BCUT2D eigenvalue weighted by molar-refractivity contribution is 5.44. The van der Waals surface area contributed by atoms with E-state index in [1.165, 1.54) is 6.07 Å². The van der Waals surface area contributed by atoms with E-state index in [1.54, 1.807) is 6.07 Å². The van der Waals surface area contributed by atoms with Crippen molar-refractivity contribution in [3.8, 4) is 0 Å². The van der Waals surface area contributed by atoms with Crippen LogP contribution in [-0.4, -0.2) is 25.9 Å². The van der Waals surface area contributed by atoms with E-state index >= 15 is 0 Å². The topological polar surface area (TPSA) is 55.1 Å². The van der Waals surface area contributed by atoms with Crippen molar-refractivity contribution in [1.29, 1.82) is 0 Å². The minimum atomic E-state index is -4.57. The van der Waals surface area contributed by atoms with Crippen LogP contribution in [0.25, 0.3) is 5.65 Å². The Balaban J connectivity index is 2.28. The number of hydrogen-bond donors (Lipinski definition) is 1. The molecule has 1 N–H and O–H groups in total. The summed E-state index contributed by atoms with van der Waals surface area (Å²) in [6.07, 6.45) is -3.68. The van der Waals surface area contributed by atoms with Crippen LogP contribution in [0.4, 0.5) is 19.0 Å². The third-order valence-corrected chi connectivity index (χ3v) is 2.74. The quantitative estimate of drug-likeness (QED) is 0.939. The van der Waals surface area contributed by atoms with Gasteiger partial charge in [0.2, 0.25) is 0 Å². The zero-order chi connectivity index (χ0) is 14.9. The van der Waals surface area contributed by atoms with Gasteiger partial charge in [-0.3, -0.25) is 0 Å². The summed E-state index contributed by atoms with van der Waals surface area (Å²) in [5, 5.41) is 13.6. The number of halogens is 3. The van der Waals surface area contributed by atoms with Crippen LogP contribution in [0, 0.1) is 5.92 Å². The highest BCUT2D eigenvalue weighted by Crippen LogP contribution is 2.27. The molecule has 2 aromatic rings. The van der Waals surface area contributed by atoms with E-state index < -0.39 is 12.0 Å². The molecule has 0 bridgehead atoms. The Morgan fingerprint density at radius 1 is 1.20 bits per heavy atom. The highest BCUT2D eigenvalue weighted by Gasteiger charge is 2.37. The molecule has 0 radical (unpaired) electrons. The van der Waals surface area contributed by atoms with Gasteiger partial charge in [0.05, 0.1) is 0 Å². The predicted octanol–water partition coefficient (Wildman–Crippen LogP) is 2.99. The van der Waals surface area contributed by atoms with E-state index in [4.69, 9.17) is 0 Å². The highest BCUT2D eigenvalue weighted by atomic mass is 19.4. The zero-order valence-electron chi connectivity index (χ0n) is 11.4. The van der Waals surface area contributed by atoms with Crippen LogP contribution in [0.1, 0.15) is 33.0 Å². The Morgan fingerprint density at radius 3 is 2.50 bits per heavy atom. The molecule has 0 aromatic carbocycles. The molecule has 2 aromatic heterocycles. The number of alkyl halides is 3. The molecule has 0 aliphatic heterocycles. The third-order valence-electron chi connectivity index (χ3n) is 2.74. The van der Waals surface area contributed by atoms with Gasteiger partial charge in [-0.25, -0.2) is 0 Å². The number of rotatable bonds is 4. The number of fused-ring (bicyclic) bond motifs is 1. The number of aromatic nitrogens is 4. The molecule has 1 unspecified atom stereocenters. The van der Waals surface area contributed by atoms with E-state index in [-0.39, 0.29) is 11.7 Å². The Labute approximate surface area is 114 Å². The predicted molar refractivity (Wildman–Crippen MR) is 68.3 cm³/mol. The molecule has 20 heavy (non-hydrogen) atoms. The second kappa shape index (κ2) is 5.26. The lowest BCUT2D eigenvalue weighted by Crippen LogP contribution is -2.19. The molecule has 110 valence electrons. The Morgan fingerprint density at radius 2 is 1.90 bits per heavy atom. The summed E-state index contributed by atoms with van der Waals surface area (Å²) >= 11 is 0. The van der Waals surface area contributed by atoms with Gasteiger partial charge in [0.15, 0.2) is 5.65 Å². The summed E-state index contributed by atoms with van der Waals surface area (Å²) in [5.74, 6) is -0.259. The standard InChI is InChI=1S/C12H16F3N5/c1-7(2)6-8(3)16-9-4-5-10-17-18-11(12(13,14)15)20(10)19-9/h4-5,7-8H,6H2,1-3H3,(H,16,19). The third kappa shape index (κ3) is 3.17. The van der Waals surface area contributed by atoms with Crippen molar-refractivity contribution in [2.45, 2.75) is 39.4 Å². The van der Waals surface area contributed by atoms with Gasteiger partial charge >= 0.3 is 6.18 Å². The van der Waals surface area contributed by atoms with E-state index in [0.29, 0.717) is 16.3 Å². The van der Waals surface area contributed by atoms with Gasteiger partial charge in [0.1, 0.15) is 5.82 Å². The largest absolute Gasteiger partial charge is 0.453 e. The van der Waals surface area contributed by atoms with Crippen LogP contribution in [0.5, 0.6) is 0 Å².